The molecule has 0 bridgehead atoms. The van der Waals surface area contributed by atoms with Crippen molar-refractivity contribution >= 4 is 11.9 Å². The lowest BCUT2D eigenvalue weighted by Crippen LogP contribution is -2.61. The van der Waals surface area contributed by atoms with Gasteiger partial charge in [-0.05, 0) is 12.1 Å². The number of hydrogen-bond donors (Lipinski definition) is 2. The highest BCUT2D eigenvalue weighted by molar-refractivity contribution is 6.04. The molecule has 1 heterocycles. The Morgan fingerprint density at radius 1 is 1.05 bits per heavy atom. The fourth-order valence-corrected chi connectivity index (χ4v) is 1.69. The van der Waals surface area contributed by atoms with Gasteiger partial charge >= 0.3 is 23.9 Å². The molecule has 0 unspecified atom stereocenters. The number of methoxy groups -OCH3 is 2. The van der Waals surface area contributed by atoms with Gasteiger partial charge in [-0.1, -0.05) is 12.1 Å². The maximum atomic E-state index is 11.9. The van der Waals surface area contributed by atoms with Crippen LogP contribution in [0.4, 0.5) is 0 Å². The van der Waals surface area contributed by atoms with E-state index in [2.05, 4.69) is 18.9 Å². The monoisotopic (exact) mass is 284 g/mol. The van der Waals surface area contributed by atoms with Crippen molar-refractivity contribution in [3.05, 3.63) is 35.4 Å². The van der Waals surface area contributed by atoms with Crippen LogP contribution < -0.4 is 0 Å². The molecule has 1 aromatic carbocycles. The first-order valence-electron chi connectivity index (χ1n) is 5.47. The number of carbonyl (C=O) groups excluding carboxylic acids is 2. The van der Waals surface area contributed by atoms with Crippen molar-refractivity contribution in [1.29, 1.82) is 0 Å². The molecular weight excluding hydrogens is 272 g/mol. The Morgan fingerprint density at radius 3 is 1.80 bits per heavy atom. The average molecular weight is 284 g/mol. The van der Waals surface area contributed by atoms with Crippen molar-refractivity contribution in [2.24, 2.45) is 0 Å². The quantitative estimate of drug-likeness (QED) is 0.569. The number of cyclic esters (lactones) is 2. The molecule has 0 spiro atoms. The van der Waals surface area contributed by atoms with E-state index < -0.39 is 23.9 Å². The normalized spacial score (nSPS) is 17.8. The molecule has 1 aliphatic rings. The van der Waals surface area contributed by atoms with Crippen LogP contribution in [0.5, 0.6) is 0 Å². The number of carbonyl (C=O) groups is 2. The van der Waals surface area contributed by atoms with Gasteiger partial charge in [0.25, 0.3) is 0 Å². The topological polar surface area (TPSA) is 112 Å². The number of aliphatic hydroxyl groups is 2. The summed E-state index contributed by atoms with van der Waals surface area (Å²) in [6.45, 7) is 0. The molecule has 8 heteroatoms. The van der Waals surface area contributed by atoms with Crippen molar-refractivity contribution < 1.29 is 38.7 Å². The van der Waals surface area contributed by atoms with Crippen LogP contribution in [0.15, 0.2) is 24.3 Å². The summed E-state index contributed by atoms with van der Waals surface area (Å²) >= 11 is 0. The van der Waals surface area contributed by atoms with Crippen LogP contribution in [-0.2, 0) is 18.9 Å². The van der Waals surface area contributed by atoms with Crippen LogP contribution in [0.25, 0.3) is 0 Å². The first-order valence-corrected chi connectivity index (χ1v) is 5.47. The van der Waals surface area contributed by atoms with Crippen LogP contribution in [0.1, 0.15) is 20.7 Å². The molecular formula is C12H12O8. The molecule has 0 aliphatic carbocycles. The Hall–Kier alpha value is -2.00. The zero-order chi connectivity index (χ0) is 15.0. The molecule has 0 radical (unpaired) electrons. The molecule has 0 saturated heterocycles. The highest BCUT2D eigenvalue weighted by Crippen LogP contribution is 2.32. The van der Waals surface area contributed by atoms with Crippen molar-refractivity contribution in [2.75, 3.05) is 14.2 Å². The number of benzene rings is 1. The van der Waals surface area contributed by atoms with Gasteiger partial charge in [-0.25, -0.2) is 9.59 Å². The molecule has 108 valence electrons. The van der Waals surface area contributed by atoms with Crippen LogP contribution in [0.2, 0.25) is 0 Å². The third kappa shape index (κ3) is 2.04. The van der Waals surface area contributed by atoms with Crippen LogP contribution in [0, 0.1) is 0 Å². The Labute approximate surface area is 113 Å². The van der Waals surface area contributed by atoms with Gasteiger partial charge in [0, 0.05) is 14.2 Å². The van der Waals surface area contributed by atoms with Crippen molar-refractivity contribution in [3.8, 4) is 0 Å². The van der Waals surface area contributed by atoms with Crippen molar-refractivity contribution in [2.45, 2.75) is 11.9 Å². The maximum absolute atomic E-state index is 11.9. The SMILES string of the molecule is COC(O)(OC)C1(O)OC(=O)c2ccccc2C(=O)O1. The molecule has 0 fully saturated rings. The highest BCUT2D eigenvalue weighted by atomic mass is 16.9. The number of esters is 2. The molecule has 2 rings (SSSR count). The maximum Gasteiger partial charge on any atom is 0.461 e. The van der Waals surface area contributed by atoms with Crippen LogP contribution >= 0.6 is 0 Å². The summed E-state index contributed by atoms with van der Waals surface area (Å²) in [6.07, 6.45) is 0. The average Bonchev–Trinajstić information content (AvgIpc) is 2.54. The van der Waals surface area contributed by atoms with E-state index in [0.29, 0.717) is 0 Å². The fraction of sp³-hybridized carbons (Fsp3) is 0.333. The molecule has 1 aromatic rings. The summed E-state index contributed by atoms with van der Waals surface area (Å²) < 4.78 is 18.3. The molecule has 0 aromatic heterocycles. The van der Waals surface area contributed by atoms with E-state index in [0.717, 1.165) is 14.2 Å². The lowest BCUT2D eigenvalue weighted by molar-refractivity contribution is -0.513. The summed E-state index contributed by atoms with van der Waals surface area (Å²) in [5.41, 5.74) is -0.244. The Morgan fingerprint density at radius 2 is 1.45 bits per heavy atom. The van der Waals surface area contributed by atoms with E-state index in [4.69, 9.17) is 0 Å². The van der Waals surface area contributed by atoms with Crippen LogP contribution in [-0.4, -0.2) is 48.3 Å². The van der Waals surface area contributed by atoms with Gasteiger partial charge in [0.1, 0.15) is 0 Å². The van der Waals surface area contributed by atoms with E-state index in [-0.39, 0.29) is 11.1 Å². The minimum atomic E-state index is -3.15. The second kappa shape index (κ2) is 4.84. The van der Waals surface area contributed by atoms with E-state index in [1.165, 1.54) is 24.3 Å². The third-order valence-electron chi connectivity index (χ3n) is 2.78. The zero-order valence-electron chi connectivity index (χ0n) is 10.7. The number of fused-ring (bicyclic) bond motifs is 1. The molecule has 8 nitrogen and oxygen atoms in total. The summed E-state index contributed by atoms with van der Waals surface area (Å²) in [4.78, 5) is 23.8. The minimum absolute atomic E-state index is 0.122. The zero-order valence-corrected chi connectivity index (χ0v) is 10.7. The van der Waals surface area contributed by atoms with Crippen molar-refractivity contribution in [3.63, 3.8) is 0 Å². The predicted octanol–water partition coefficient (Wildman–Crippen LogP) is -0.401. The summed E-state index contributed by atoms with van der Waals surface area (Å²) in [5.74, 6) is -8.19. The van der Waals surface area contributed by atoms with E-state index in [1.807, 2.05) is 0 Å². The number of hydrogen-bond acceptors (Lipinski definition) is 8. The molecule has 0 saturated carbocycles. The third-order valence-corrected chi connectivity index (χ3v) is 2.78. The molecule has 2 N–H and O–H groups in total. The van der Waals surface area contributed by atoms with Gasteiger partial charge in [0.2, 0.25) is 0 Å². The molecule has 0 atom stereocenters. The molecule has 20 heavy (non-hydrogen) atoms. The Balaban J connectivity index is 2.50. The largest absolute Gasteiger partial charge is 0.461 e. The Bertz CT molecular complexity index is 511. The fourth-order valence-electron chi connectivity index (χ4n) is 1.69. The van der Waals surface area contributed by atoms with Gasteiger partial charge in [-0.2, -0.15) is 0 Å². The summed E-state index contributed by atoms with van der Waals surface area (Å²) in [5, 5.41) is 20.0. The Kier molecular flexibility index (Phi) is 3.48. The summed E-state index contributed by atoms with van der Waals surface area (Å²) in [7, 11) is 1.92. The number of rotatable bonds is 3. The second-order valence-electron chi connectivity index (χ2n) is 3.90. The van der Waals surface area contributed by atoms with Gasteiger partial charge in [-0.15, -0.1) is 0 Å². The van der Waals surface area contributed by atoms with E-state index >= 15 is 0 Å². The lowest BCUT2D eigenvalue weighted by Gasteiger charge is -2.35. The molecule has 1 aliphatic heterocycles. The smallest absolute Gasteiger partial charge is 0.388 e. The lowest BCUT2D eigenvalue weighted by atomic mass is 10.1. The van der Waals surface area contributed by atoms with Gasteiger partial charge < -0.3 is 29.2 Å². The van der Waals surface area contributed by atoms with Crippen molar-refractivity contribution in [1.82, 2.24) is 0 Å². The van der Waals surface area contributed by atoms with Gasteiger partial charge in [0.15, 0.2) is 0 Å². The number of ether oxygens (including phenoxy) is 4. The predicted molar refractivity (Wildman–Crippen MR) is 61.2 cm³/mol. The first-order chi connectivity index (χ1) is 9.37. The van der Waals surface area contributed by atoms with E-state index in [9.17, 15) is 19.8 Å². The second-order valence-corrected chi connectivity index (χ2v) is 3.90. The standard InChI is InChI=1S/C12H12O8/c1-17-11(15,18-2)12(16)19-9(13)7-5-3-4-6-8(7)10(14)20-12/h3-6,15-16H,1-2H3. The molecule has 0 amide bonds. The van der Waals surface area contributed by atoms with Gasteiger partial charge in [-0.3, -0.25) is 0 Å². The highest BCUT2D eigenvalue weighted by Gasteiger charge is 2.61. The summed E-state index contributed by atoms with van der Waals surface area (Å²) in [6, 6.07) is 5.61. The van der Waals surface area contributed by atoms with E-state index in [1.54, 1.807) is 0 Å². The van der Waals surface area contributed by atoms with Gasteiger partial charge in [0.05, 0.1) is 11.1 Å². The first kappa shape index (κ1) is 14.4. The van der Waals surface area contributed by atoms with Crippen LogP contribution in [0.3, 0.4) is 0 Å². The minimum Gasteiger partial charge on any atom is -0.388 e.